The Labute approximate surface area is 122 Å². The zero-order valence-electron chi connectivity index (χ0n) is 12.2. The molecule has 0 aliphatic heterocycles. The first kappa shape index (κ1) is 17.7. The van der Waals surface area contributed by atoms with E-state index in [0.29, 0.717) is 18.7 Å². The van der Waals surface area contributed by atoms with Gasteiger partial charge in [0, 0.05) is 32.4 Å². The Hall–Kier alpha value is -1.31. The van der Waals surface area contributed by atoms with Crippen LogP contribution >= 0.6 is 0 Å². The second-order valence-corrected chi connectivity index (χ2v) is 4.66. The van der Waals surface area contributed by atoms with Gasteiger partial charge in [-0.1, -0.05) is 18.2 Å². The fraction of sp³-hybridized carbons (Fsp3) is 0.571. The number of hydrogen-bond donors (Lipinski definition) is 1. The van der Waals surface area contributed by atoms with Crippen LogP contribution in [0.15, 0.2) is 24.3 Å². The molecule has 1 unspecified atom stereocenters. The van der Waals surface area contributed by atoms with Crippen LogP contribution in [0.4, 0.5) is 13.2 Å². The van der Waals surface area contributed by atoms with Crippen molar-refractivity contribution in [1.82, 2.24) is 4.90 Å². The summed E-state index contributed by atoms with van der Waals surface area (Å²) in [6, 6.07) is 5.73. The van der Waals surface area contributed by atoms with Crippen LogP contribution in [0.25, 0.3) is 0 Å². The fourth-order valence-corrected chi connectivity index (χ4v) is 2.13. The van der Waals surface area contributed by atoms with E-state index in [1.54, 1.807) is 19.2 Å². The van der Waals surface area contributed by atoms with Crippen molar-refractivity contribution in [3.8, 4) is 5.75 Å². The van der Waals surface area contributed by atoms with Crippen molar-refractivity contribution in [2.45, 2.75) is 18.8 Å². The number of likely N-dealkylation sites (N-methyl/N-ethyl adjacent to an activating group) is 1. The Morgan fingerprint density at radius 1 is 1.29 bits per heavy atom. The molecule has 0 amide bonds. The Kier molecular flexibility index (Phi) is 6.94. The zero-order valence-corrected chi connectivity index (χ0v) is 12.2. The third kappa shape index (κ3) is 5.91. The highest BCUT2D eigenvalue weighted by molar-refractivity contribution is 5.36. The van der Waals surface area contributed by atoms with E-state index < -0.39 is 6.36 Å². The number of methoxy groups -OCH3 is 1. The Morgan fingerprint density at radius 2 is 1.95 bits per heavy atom. The van der Waals surface area contributed by atoms with Gasteiger partial charge in [-0.3, -0.25) is 4.90 Å². The molecule has 1 aromatic carbocycles. The van der Waals surface area contributed by atoms with Gasteiger partial charge in [0.15, 0.2) is 0 Å². The van der Waals surface area contributed by atoms with Crippen molar-refractivity contribution < 1.29 is 22.6 Å². The van der Waals surface area contributed by atoms with Crippen molar-refractivity contribution in [3.63, 3.8) is 0 Å². The third-order valence-corrected chi connectivity index (χ3v) is 3.12. The van der Waals surface area contributed by atoms with Gasteiger partial charge in [0.2, 0.25) is 0 Å². The molecule has 21 heavy (non-hydrogen) atoms. The molecule has 0 radical (unpaired) electrons. The molecule has 0 heterocycles. The van der Waals surface area contributed by atoms with Crippen LogP contribution in [0.3, 0.4) is 0 Å². The molecule has 2 N–H and O–H groups in total. The summed E-state index contributed by atoms with van der Waals surface area (Å²) in [5.41, 5.74) is 6.16. The van der Waals surface area contributed by atoms with Crippen LogP contribution in [-0.2, 0) is 4.74 Å². The van der Waals surface area contributed by atoms with E-state index in [4.69, 9.17) is 10.5 Å². The van der Waals surface area contributed by atoms with Crippen molar-refractivity contribution in [2.75, 3.05) is 33.9 Å². The zero-order chi connectivity index (χ0) is 15.9. The van der Waals surface area contributed by atoms with E-state index in [2.05, 4.69) is 4.74 Å². The van der Waals surface area contributed by atoms with Gasteiger partial charge in [0.25, 0.3) is 0 Å². The molecule has 0 saturated carbocycles. The molecule has 120 valence electrons. The summed E-state index contributed by atoms with van der Waals surface area (Å²) >= 11 is 0. The Morgan fingerprint density at radius 3 is 2.52 bits per heavy atom. The second-order valence-electron chi connectivity index (χ2n) is 4.66. The summed E-state index contributed by atoms with van der Waals surface area (Å²) in [6.45, 7) is 1.44. The van der Waals surface area contributed by atoms with E-state index in [-0.39, 0.29) is 18.3 Å². The summed E-state index contributed by atoms with van der Waals surface area (Å²) in [6.07, 6.45) is -3.95. The number of rotatable bonds is 8. The maximum absolute atomic E-state index is 12.5. The van der Waals surface area contributed by atoms with Gasteiger partial charge in [0.05, 0.1) is 6.04 Å². The lowest BCUT2D eigenvalue weighted by Crippen LogP contribution is -2.32. The van der Waals surface area contributed by atoms with Gasteiger partial charge in [-0.25, -0.2) is 0 Å². The SMILES string of the molecule is COCCCN(C)C(CN)c1ccccc1OC(F)(F)F. The maximum Gasteiger partial charge on any atom is 0.573 e. The monoisotopic (exact) mass is 306 g/mol. The van der Waals surface area contributed by atoms with Crippen molar-refractivity contribution >= 4 is 0 Å². The first-order chi connectivity index (χ1) is 9.89. The molecular formula is C14H21F3N2O2. The average molecular weight is 306 g/mol. The van der Waals surface area contributed by atoms with Gasteiger partial charge in [-0.05, 0) is 19.5 Å². The highest BCUT2D eigenvalue weighted by Crippen LogP contribution is 2.32. The van der Waals surface area contributed by atoms with Crippen LogP contribution < -0.4 is 10.5 Å². The highest BCUT2D eigenvalue weighted by Gasteiger charge is 2.33. The summed E-state index contributed by atoms with van der Waals surface area (Å²) in [5, 5.41) is 0. The quantitative estimate of drug-likeness (QED) is 0.750. The lowest BCUT2D eigenvalue weighted by Gasteiger charge is -2.28. The predicted octanol–water partition coefficient (Wildman–Crippen LogP) is 2.55. The normalized spacial score (nSPS) is 13.5. The second kappa shape index (κ2) is 8.21. The standard InChI is InChI=1S/C14H21F3N2O2/c1-19(8-5-9-20-2)12(10-18)11-6-3-4-7-13(11)21-14(15,16)17/h3-4,6-7,12H,5,8-10,18H2,1-2H3. The van der Waals surface area contributed by atoms with Crippen molar-refractivity contribution in [2.24, 2.45) is 5.73 Å². The Balaban J connectivity index is 2.89. The molecular weight excluding hydrogens is 285 g/mol. The topological polar surface area (TPSA) is 47.7 Å². The van der Waals surface area contributed by atoms with E-state index >= 15 is 0 Å². The van der Waals surface area contributed by atoms with Crippen LogP contribution in [0.5, 0.6) is 5.75 Å². The van der Waals surface area contributed by atoms with Crippen LogP contribution in [0.1, 0.15) is 18.0 Å². The molecule has 7 heteroatoms. The lowest BCUT2D eigenvalue weighted by atomic mass is 10.0. The number of alkyl halides is 3. The summed E-state index contributed by atoms with van der Waals surface area (Å²) in [4.78, 5) is 1.90. The number of nitrogens with zero attached hydrogens (tertiary/aromatic N) is 1. The minimum absolute atomic E-state index is 0.196. The lowest BCUT2D eigenvalue weighted by molar-refractivity contribution is -0.275. The number of benzene rings is 1. The van der Waals surface area contributed by atoms with Crippen LogP contribution in [0, 0.1) is 0 Å². The molecule has 4 nitrogen and oxygen atoms in total. The molecule has 0 bridgehead atoms. The van der Waals surface area contributed by atoms with Crippen molar-refractivity contribution in [3.05, 3.63) is 29.8 Å². The number of nitrogens with two attached hydrogens (primary N) is 1. The smallest absolute Gasteiger partial charge is 0.405 e. The number of hydrogen-bond acceptors (Lipinski definition) is 4. The Bertz CT molecular complexity index is 427. The van der Waals surface area contributed by atoms with E-state index in [1.165, 1.54) is 12.1 Å². The average Bonchev–Trinajstić information content (AvgIpc) is 2.40. The number of halogens is 3. The van der Waals surface area contributed by atoms with Crippen molar-refractivity contribution in [1.29, 1.82) is 0 Å². The van der Waals surface area contributed by atoms with E-state index in [9.17, 15) is 13.2 Å². The number of ether oxygens (including phenoxy) is 2. The molecule has 0 aliphatic carbocycles. The molecule has 1 rings (SSSR count). The minimum atomic E-state index is -4.72. The number of para-hydroxylation sites is 1. The van der Waals surface area contributed by atoms with Crippen LogP contribution in [0.2, 0.25) is 0 Å². The largest absolute Gasteiger partial charge is 0.573 e. The maximum atomic E-state index is 12.5. The van der Waals surface area contributed by atoms with Gasteiger partial charge >= 0.3 is 6.36 Å². The molecule has 1 aromatic rings. The molecule has 0 spiro atoms. The first-order valence-corrected chi connectivity index (χ1v) is 6.63. The van der Waals surface area contributed by atoms with Gasteiger partial charge < -0.3 is 15.2 Å². The summed E-state index contributed by atoms with van der Waals surface area (Å²) < 4.78 is 46.4. The van der Waals surface area contributed by atoms with Gasteiger partial charge in [-0.2, -0.15) is 0 Å². The first-order valence-electron chi connectivity index (χ1n) is 6.63. The molecule has 0 aromatic heterocycles. The molecule has 0 aliphatic rings. The van der Waals surface area contributed by atoms with E-state index in [1.807, 2.05) is 11.9 Å². The van der Waals surface area contributed by atoms with E-state index in [0.717, 1.165) is 6.42 Å². The fourth-order valence-electron chi connectivity index (χ4n) is 2.13. The predicted molar refractivity (Wildman–Crippen MR) is 74.0 cm³/mol. The summed E-state index contributed by atoms with van der Waals surface area (Å²) in [5.74, 6) is -0.209. The molecule has 1 atom stereocenters. The van der Waals surface area contributed by atoms with Gasteiger partial charge in [0.1, 0.15) is 5.75 Å². The third-order valence-electron chi connectivity index (χ3n) is 3.12. The molecule has 0 fully saturated rings. The summed E-state index contributed by atoms with van der Waals surface area (Å²) in [7, 11) is 3.42. The minimum Gasteiger partial charge on any atom is -0.405 e. The van der Waals surface area contributed by atoms with Gasteiger partial charge in [-0.15, -0.1) is 13.2 Å². The molecule has 0 saturated heterocycles. The highest BCUT2D eigenvalue weighted by atomic mass is 19.4. The van der Waals surface area contributed by atoms with Crippen LogP contribution in [-0.4, -0.2) is 45.1 Å².